The van der Waals surface area contributed by atoms with E-state index in [0.717, 1.165) is 57.2 Å². The van der Waals surface area contributed by atoms with Crippen LogP contribution in [0.2, 0.25) is 0 Å². The molecule has 2 fully saturated rings. The second-order valence-corrected chi connectivity index (χ2v) is 6.25. The van der Waals surface area contributed by atoms with Crippen LogP contribution in [0, 0.1) is 23.0 Å². The number of non-ortho nitro benzene ring substituents is 1. The maximum Gasteiger partial charge on any atom is 0.269 e. The van der Waals surface area contributed by atoms with Gasteiger partial charge >= 0.3 is 0 Å². The number of ether oxygens (including phenoxy) is 1. The Morgan fingerprint density at radius 2 is 2.09 bits per heavy atom. The average molecular weight is 305 g/mol. The maximum atomic E-state index is 10.8. The first kappa shape index (κ1) is 15.2. The molecule has 2 aliphatic heterocycles. The molecule has 1 unspecified atom stereocenters. The summed E-state index contributed by atoms with van der Waals surface area (Å²) in [5.41, 5.74) is 2.27. The van der Waals surface area contributed by atoms with Crippen LogP contribution < -0.4 is 4.90 Å². The summed E-state index contributed by atoms with van der Waals surface area (Å²) >= 11 is 0. The Bertz CT molecular complexity index is 535. The van der Waals surface area contributed by atoms with Crippen molar-refractivity contribution in [2.24, 2.45) is 5.92 Å². The first-order valence-electron chi connectivity index (χ1n) is 7.93. The highest BCUT2D eigenvalue weighted by atomic mass is 16.6. The molecular formula is C16H23N3O3. The molecule has 0 saturated carbocycles. The summed E-state index contributed by atoms with van der Waals surface area (Å²) in [6.07, 6.45) is 1.18. The van der Waals surface area contributed by atoms with Gasteiger partial charge in [0.2, 0.25) is 0 Å². The van der Waals surface area contributed by atoms with Crippen LogP contribution in [0.3, 0.4) is 0 Å². The highest BCUT2D eigenvalue weighted by Gasteiger charge is 2.23. The summed E-state index contributed by atoms with van der Waals surface area (Å²) in [6.45, 7) is 8.95. The predicted molar refractivity (Wildman–Crippen MR) is 85.4 cm³/mol. The number of piperazine rings is 1. The summed E-state index contributed by atoms with van der Waals surface area (Å²) in [7, 11) is 0. The van der Waals surface area contributed by atoms with Crippen molar-refractivity contribution in [3.8, 4) is 0 Å². The zero-order valence-corrected chi connectivity index (χ0v) is 13.0. The number of anilines is 1. The second-order valence-electron chi connectivity index (χ2n) is 6.25. The minimum Gasteiger partial charge on any atom is -0.381 e. The Kier molecular flexibility index (Phi) is 4.59. The molecule has 0 aliphatic carbocycles. The van der Waals surface area contributed by atoms with Crippen molar-refractivity contribution in [1.29, 1.82) is 0 Å². The summed E-state index contributed by atoms with van der Waals surface area (Å²) in [4.78, 5) is 15.3. The molecule has 0 spiro atoms. The fourth-order valence-electron chi connectivity index (χ4n) is 3.37. The van der Waals surface area contributed by atoms with Crippen molar-refractivity contribution in [3.05, 3.63) is 33.9 Å². The zero-order chi connectivity index (χ0) is 15.5. The van der Waals surface area contributed by atoms with E-state index in [0.29, 0.717) is 5.92 Å². The fraction of sp³-hybridized carbons (Fsp3) is 0.625. The smallest absolute Gasteiger partial charge is 0.269 e. The normalized spacial score (nSPS) is 23.0. The molecular weight excluding hydrogens is 282 g/mol. The first-order chi connectivity index (χ1) is 10.6. The lowest BCUT2D eigenvalue weighted by atomic mass is 10.1. The molecule has 1 atom stereocenters. The molecule has 120 valence electrons. The van der Waals surface area contributed by atoms with E-state index in [9.17, 15) is 10.1 Å². The van der Waals surface area contributed by atoms with Crippen molar-refractivity contribution < 1.29 is 9.66 Å². The molecule has 0 radical (unpaired) electrons. The molecule has 0 bridgehead atoms. The van der Waals surface area contributed by atoms with Gasteiger partial charge in [0.1, 0.15) is 0 Å². The third-order valence-electron chi connectivity index (χ3n) is 4.64. The molecule has 2 saturated heterocycles. The van der Waals surface area contributed by atoms with E-state index < -0.39 is 0 Å². The number of hydrogen-bond acceptors (Lipinski definition) is 5. The van der Waals surface area contributed by atoms with Crippen LogP contribution in [0.1, 0.15) is 12.0 Å². The van der Waals surface area contributed by atoms with Crippen molar-refractivity contribution >= 4 is 11.4 Å². The Balaban J connectivity index is 1.57. The van der Waals surface area contributed by atoms with Crippen LogP contribution in [-0.4, -0.2) is 55.8 Å². The van der Waals surface area contributed by atoms with Gasteiger partial charge < -0.3 is 9.64 Å². The van der Waals surface area contributed by atoms with E-state index in [4.69, 9.17) is 4.74 Å². The summed E-state index contributed by atoms with van der Waals surface area (Å²) < 4.78 is 5.44. The lowest BCUT2D eigenvalue weighted by Crippen LogP contribution is -2.48. The van der Waals surface area contributed by atoms with E-state index in [1.165, 1.54) is 6.42 Å². The predicted octanol–water partition coefficient (Wildman–Crippen LogP) is 2.06. The van der Waals surface area contributed by atoms with Gasteiger partial charge in [-0.3, -0.25) is 15.0 Å². The average Bonchev–Trinajstić information content (AvgIpc) is 3.01. The summed E-state index contributed by atoms with van der Waals surface area (Å²) in [5, 5.41) is 10.8. The lowest BCUT2D eigenvalue weighted by Gasteiger charge is -2.37. The van der Waals surface area contributed by atoms with Gasteiger partial charge in [0.25, 0.3) is 5.69 Å². The van der Waals surface area contributed by atoms with Crippen LogP contribution in [0.15, 0.2) is 18.2 Å². The fourth-order valence-corrected chi connectivity index (χ4v) is 3.37. The van der Waals surface area contributed by atoms with Gasteiger partial charge in [0.05, 0.1) is 11.5 Å². The lowest BCUT2D eigenvalue weighted by molar-refractivity contribution is -0.384. The summed E-state index contributed by atoms with van der Waals surface area (Å²) in [5.74, 6) is 0.688. The Hall–Kier alpha value is -1.66. The van der Waals surface area contributed by atoms with Crippen LogP contribution in [0.4, 0.5) is 11.4 Å². The van der Waals surface area contributed by atoms with Crippen molar-refractivity contribution in [1.82, 2.24) is 4.90 Å². The number of benzene rings is 1. The molecule has 1 aromatic rings. The van der Waals surface area contributed by atoms with Crippen molar-refractivity contribution in [2.75, 3.05) is 50.8 Å². The molecule has 2 heterocycles. The monoisotopic (exact) mass is 305 g/mol. The number of aryl methyl sites for hydroxylation is 1. The Morgan fingerprint density at radius 3 is 2.68 bits per heavy atom. The van der Waals surface area contributed by atoms with Crippen LogP contribution in [-0.2, 0) is 4.74 Å². The van der Waals surface area contributed by atoms with Gasteiger partial charge in [0.15, 0.2) is 0 Å². The largest absolute Gasteiger partial charge is 0.381 e. The van der Waals surface area contributed by atoms with Crippen molar-refractivity contribution in [3.63, 3.8) is 0 Å². The van der Waals surface area contributed by atoms with Gasteiger partial charge in [-0.1, -0.05) is 0 Å². The molecule has 0 amide bonds. The molecule has 0 N–H and O–H groups in total. The van der Waals surface area contributed by atoms with Gasteiger partial charge in [-0.2, -0.15) is 0 Å². The summed E-state index contributed by atoms with van der Waals surface area (Å²) in [6, 6.07) is 5.15. The van der Waals surface area contributed by atoms with Gasteiger partial charge in [-0.05, 0) is 30.9 Å². The standard InChI is InChI=1S/C16H23N3O3/c1-13-10-15(19(20)21)2-3-16(13)18-7-5-17(6-8-18)11-14-4-9-22-12-14/h2-3,10,14H,4-9,11-12H2,1H3. The minimum absolute atomic E-state index is 0.168. The van der Waals surface area contributed by atoms with Crippen LogP contribution >= 0.6 is 0 Å². The number of hydrogen-bond donors (Lipinski definition) is 0. The molecule has 22 heavy (non-hydrogen) atoms. The van der Waals surface area contributed by atoms with Gasteiger partial charge in [0, 0.05) is 57.2 Å². The van der Waals surface area contributed by atoms with Crippen LogP contribution in [0.5, 0.6) is 0 Å². The first-order valence-corrected chi connectivity index (χ1v) is 7.93. The number of nitro groups is 1. The van der Waals surface area contributed by atoms with E-state index >= 15 is 0 Å². The maximum absolute atomic E-state index is 10.8. The number of nitro benzene ring substituents is 1. The van der Waals surface area contributed by atoms with Crippen LogP contribution in [0.25, 0.3) is 0 Å². The minimum atomic E-state index is -0.335. The third kappa shape index (κ3) is 3.39. The van der Waals surface area contributed by atoms with E-state index in [2.05, 4.69) is 9.80 Å². The molecule has 6 nitrogen and oxygen atoms in total. The quantitative estimate of drug-likeness (QED) is 0.629. The van der Waals surface area contributed by atoms with E-state index in [1.807, 2.05) is 13.0 Å². The van der Waals surface area contributed by atoms with Gasteiger partial charge in [-0.15, -0.1) is 0 Å². The number of nitrogens with zero attached hydrogens (tertiary/aromatic N) is 3. The number of rotatable bonds is 4. The Labute approximate surface area is 130 Å². The van der Waals surface area contributed by atoms with E-state index in [-0.39, 0.29) is 10.6 Å². The van der Waals surface area contributed by atoms with E-state index in [1.54, 1.807) is 12.1 Å². The third-order valence-corrected chi connectivity index (χ3v) is 4.64. The zero-order valence-electron chi connectivity index (χ0n) is 13.0. The topological polar surface area (TPSA) is 58.9 Å². The van der Waals surface area contributed by atoms with Gasteiger partial charge in [-0.25, -0.2) is 0 Å². The highest BCUT2D eigenvalue weighted by molar-refractivity contribution is 5.57. The SMILES string of the molecule is Cc1cc([N+](=O)[O-])ccc1N1CCN(CC2CCOC2)CC1. The van der Waals surface area contributed by atoms with Crippen molar-refractivity contribution in [2.45, 2.75) is 13.3 Å². The Morgan fingerprint density at radius 1 is 1.32 bits per heavy atom. The highest BCUT2D eigenvalue weighted by Crippen LogP contribution is 2.26. The second kappa shape index (κ2) is 6.62. The molecule has 3 rings (SSSR count). The molecule has 6 heteroatoms. The molecule has 0 aromatic heterocycles. The molecule has 1 aromatic carbocycles. The molecule has 2 aliphatic rings.